The normalized spacial score (nSPS) is 10.4. The molecule has 0 aliphatic rings. The van der Waals surface area contributed by atoms with Crippen LogP contribution in [0, 0.1) is 11.6 Å². The van der Waals surface area contributed by atoms with Gasteiger partial charge in [0.1, 0.15) is 0 Å². The molecule has 0 radical (unpaired) electrons. The van der Waals surface area contributed by atoms with Gasteiger partial charge in [0.15, 0.2) is 11.6 Å². The Hall–Kier alpha value is -2.07. The van der Waals surface area contributed by atoms with E-state index in [9.17, 15) is 8.78 Å². The van der Waals surface area contributed by atoms with E-state index in [-0.39, 0.29) is 5.69 Å². The van der Waals surface area contributed by atoms with E-state index < -0.39 is 11.6 Å². The number of rotatable bonds is 4. The largest absolute Gasteiger partial charge is 0.398 e. The molecule has 1 aromatic rings. The highest BCUT2D eigenvalue weighted by molar-refractivity contribution is 5.64. The van der Waals surface area contributed by atoms with Gasteiger partial charge in [-0.3, -0.25) is 0 Å². The van der Waals surface area contributed by atoms with E-state index in [0.29, 0.717) is 18.5 Å². The standard InChI is InChI=1S/C10H10F2N4/c11-8-5-7(10(13)6-9(8)12)3-1-2-4-15-16-14/h1,3,5-6H,2,4,13H2. The molecule has 1 rings (SSSR count). The zero-order valence-electron chi connectivity index (χ0n) is 8.40. The second kappa shape index (κ2) is 5.72. The van der Waals surface area contributed by atoms with Crippen molar-refractivity contribution in [2.24, 2.45) is 5.11 Å². The van der Waals surface area contributed by atoms with Gasteiger partial charge in [-0.1, -0.05) is 17.3 Å². The van der Waals surface area contributed by atoms with Crippen LogP contribution in [0.2, 0.25) is 0 Å². The van der Waals surface area contributed by atoms with Crippen LogP contribution in [0.5, 0.6) is 0 Å². The Kier molecular flexibility index (Phi) is 4.29. The van der Waals surface area contributed by atoms with Gasteiger partial charge in [-0.25, -0.2) is 8.78 Å². The molecule has 16 heavy (non-hydrogen) atoms. The van der Waals surface area contributed by atoms with E-state index in [0.717, 1.165) is 12.1 Å². The van der Waals surface area contributed by atoms with Crippen LogP contribution >= 0.6 is 0 Å². The van der Waals surface area contributed by atoms with Crippen LogP contribution in [0.3, 0.4) is 0 Å². The fourth-order valence-electron chi connectivity index (χ4n) is 1.11. The lowest BCUT2D eigenvalue weighted by atomic mass is 10.1. The molecule has 2 N–H and O–H groups in total. The summed E-state index contributed by atoms with van der Waals surface area (Å²) >= 11 is 0. The first-order valence-corrected chi connectivity index (χ1v) is 4.57. The predicted octanol–water partition coefficient (Wildman–Crippen LogP) is 3.26. The van der Waals surface area contributed by atoms with E-state index in [2.05, 4.69) is 10.0 Å². The van der Waals surface area contributed by atoms with Crippen molar-refractivity contribution in [1.29, 1.82) is 0 Å². The number of benzene rings is 1. The van der Waals surface area contributed by atoms with Gasteiger partial charge in [-0.15, -0.1) is 0 Å². The van der Waals surface area contributed by atoms with Gasteiger partial charge >= 0.3 is 0 Å². The predicted molar refractivity (Wildman–Crippen MR) is 58.4 cm³/mol. The van der Waals surface area contributed by atoms with E-state index in [1.807, 2.05) is 0 Å². The fourth-order valence-corrected chi connectivity index (χ4v) is 1.11. The van der Waals surface area contributed by atoms with Gasteiger partial charge < -0.3 is 5.73 Å². The summed E-state index contributed by atoms with van der Waals surface area (Å²) in [7, 11) is 0. The smallest absolute Gasteiger partial charge is 0.160 e. The van der Waals surface area contributed by atoms with Gasteiger partial charge in [0, 0.05) is 28.8 Å². The number of nitrogens with two attached hydrogens (primary N) is 1. The summed E-state index contributed by atoms with van der Waals surface area (Å²) in [6.45, 7) is 0.316. The molecule has 84 valence electrons. The molecule has 4 nitrogen and oxygen atoms in total. The average Bonchev–Trinajstić information content (AvgIpc) is 2.25. The van der Waals surface area contributed by atoms with Crippen molar-refractivity contribution in [2.45, 2.75) is 6.42 Å². The molecular weight excluding hydrogens is 214 g/mol. The molecule has 6 heteroatoms. The van der Waals surface area contributed by atoms with Crippen LogP contribution < -0.4 is 5.73 Å². The molecule has 0 atom stereocenters. The average molecular weight is 224 g/mol. The van der Waals surface area contributed by atoms with Crippen LogP contribution in [0.25, 0.3) is 16.5 Å². The Bertz CT molecular complexity index is 450. The second-order valence-electron chi connectivity index (χ2n) is 3.04. The number of nitrogen functional groups attached to an aromatic ring is 1. The highest BCUT2D eigenvalue weighted by Gasteiger charge is 2.04. The van der Waals surface area contributed by atoms with E-state index in [4.69, 9.17) is 11.3 Å². The van der Waals surface area contributed by atoms with E-state index in [1.54, 1.807) is 12.2 Å². The number of nitrogens with zero attached hydrogens (tertiary/aromatic N) is 3. The van der Waals surface area contributed by atoms with Crippen molar-refractivity contribution in [1.82, 2.24) is 0 Å². The maximum absolute atomic E-state index is 12.9. The van der Waals surface area contributed by atoms with Gasteiger partial charge in [-0.05, 0) is 18.0 Å². The molecule has 0 fully saturated rings. The molecule has 0 unspecified atom stereocenters. The zero-order valence-corrected chi connectivity index (χ0v) is 8.40. The summed E-state index contributed by atoms with van der Waals surface area (Å²) in [5.41, 5.74) is 14.1. The van der Waals surface area contributed by atoms with Crippen LogP contribution in [-0.4, -0.2) is 6.54 Å². The van der Waals surface area contributed by atoms with Crippen molar-refractivity contribution >= 4 is 11.8 Å². The van der Waals surface area contributed by atoms with Gasteiger partial charge in [0.05, 0.1) is 0 Å². The zero-order chi connectivity index (χ0) is 12.0. The summed E-state index contributed by atoms with van der Waals surface area (Å²) in [4.78, 5) is 2.58. The lowest BCUT2D eigenvalue weighted by molar-refractivity contribution is 0.509. The second-order valence-corrected chi connectivity index (χ2v) is 3.04. The Morgan fingerprint density at radius 3 is 2.75 bits per heavy atom. The molecule has 0 saturated carbocycles. The van der Waals surface area contributed by atoms with E-state index in [1.165, 1.54) is 0 Å². The number of azide groups is 1. The van der Waals surface area contributed by atoms with Crippen molar-refractivity contribution < 1.29 is 8.78 Å². The van der Waals surface area contributed by atoms with Gasteiger partial charge in [-0.2, -0.15) is 0 Å². The SMILES string of the molecule is [N-]=[N+]=NCCC=Cc1cc(F)c(F)cc1N. The van der Waals surface area contributed by atoms with Crippen molar-refractivity contribution in [3.8, 4) is 0 Å². The first-order chi connectivity index (χ1) is 7.65. The maximum atomic E-state index is 12.9. The molecule has 0 aliphatic heterocycles. The maximum Gasteiger partial charge on any atom is 0.160 e. The number of halogens is 2. The number of hydrogen-bond acceptors (Lipinski definition) is 2. The van der Waals surface area contributed by atoms with E-state index >= 15 is 0 Å². The van der Waals surface area contributed by atoms with Crippen molar-refractivity contribution in [2.75, 3.05) is 12.3 Å². The molecular formula is C10H10F2N4. The van der Waals surface area contributed by atoms with Crippen molar-refractivity contribution in [3.63, 3.8) is 0 Å². The quantitative estimate of drug-likeness (QED) is 0.275. The summed E-state index contributed by atoms with van der Waals surface area (Å²) < 4.78 is 25.6. The Morgan fingerprint density at radius 2 is 2.06 bits per heavy atom. The molecule has 0 heterocycles. The number of anilines is 1. The molecule has 0 spiro atoms. The monoisotopic (exact) mass is 224 g/mol. The third kappa shape index (κ3) is 3.25. The summed E-state index contributed by atoms with van der Waals surface area (Å²) in [5, 5.41) is 3.32. The first kappa shape index (κ1) is 12.0. The minimum absolute atomic E-state index is 0.166. The first-order valence-electron chi connectivity index (χ1n) is 4.57. The fraction of sp³-hybridized carbons (Fsp3) is 0.200. The van der Waals surface area contributed by atoms with Crippen LogP contribution in [0.1, 0.15) is 12.0 Å². The molecule has 0 saturated heterocycles. The highest BCUT2D eigenvalue weighted by Crippen LogP contribution is 2.18. The van der Waals surface area contributed by atoms with Crippen LogP contribution in [-0.2, 0) is 0 Å². The molecule has 0 bridgehead atoms. The lowest BCUT2D eigenvalue weighted by Gasteiger charge is -2.01. The van der Waals surface area contributed by atoms with Crippen LogP contribution in [0.15, 0.2) is 23.3 Å². The third-order valence-electron chi connectivity index (χ3n) is 1.88. The minimum atomic E-state index is -0.969. The topological polar surface area (TPSA) is 74.8 Å². The summed E-state index contributed by atoms with van der Waals surface area (Å²) in [6.07, 6.45) is 3.75. The van der Waals surface area contributed by atoms with Crippen LogP contribution in [0.4, 0.5) is 14.5 Å². The lowest BCUT2D eigenvalue weighted by Crippen LogP contribution is -1.94. The molecule has 1 aromatic carbocycles. The summed E-state index contributed by atoms with van der Waals surface area (Å²) in [5.74, 6) is -1.91. The Labute approximate surface area is 91.0 Å². The third-order valence-corrected chi connectivity index (χ3v) is 1.88. The van der Waals surface area contributed by atoms with Gasteiger partial charge in [0.25, 0.3) is 0 Å². The Balaban J connectivity index is 2.73. The number of hydrogen-bond donors (Lipinski definition) is 1. The molecule has 0 aromatic heterocycles. The Morgan fingerprint density at radius 1 is 1.38 bits per heavy atom. The van der Waals surface area contributed by atoms with Crippen molar-refractivity contribution in [3.05, 3.63) is 45.8 Å². The highest BCUT2D eigenvalue weighted by atomic mass is 19.2. The summed E-state index contributed by atoms with van der Waals surface area (Å²) in [6, 6.07) is 1.96. The van der Waals surface area contributed by atoms with Gasteiger partial charge in [0.2, 0.25) is 0 Å². The minimum Gasteiger partial charge on any atom is -0.398 e. The molecule has 0 amide bonds. The molecule has 0 aliphatic carbocycles.